The van der Waals surface area contributed by atoms with Gasteiger partial charge in [-0.2, -0.15) is 4.98 Å². The molecule has 0 aliphatic carbocycles. The van der Waals surface area contributed by atoms with Crippen molar-refractivity contribution in [3.63, 3.8) is 0 Å². The molecule has 1 aliphatic rings. The molecule has 19 heavy (non-hydrogen) atoms. The normalized spacial score (nSPS) is 19.3. The van der Waals surface area contributed by atoms with Crippen LogP contribution in [0, 0.1) is 5.92 Å². The molecule has 1 aromatic carbocycles. The summed E-state index contributed by atoms with van der Waals surface area (Å²) in [5, 5.41) is 9.91. The summed E-state index contributed by atoms with van der Waals surface area (Å²) in [7, 11) is 0. The number of aromatic nitrogens is 2. The van der Waals surface area contributed by atoms with Crippen LogP contribution in [0.1, 0.15) is 6.42 Å². The van der Waals surface area contributed by atoms with Gasteiger partial charge in [-0.15, -0.1) is 0 Å². The van der Waals surface area contributed by atoms with Gasteiger partial charge in [-0.1, -0.05) is 12.1 Å². The first-order valence-electron chi connectivity index (χ1n) is 6.12. The maximum Gasteiger partial charge on any atom is 0.234 e. The van der Waals surface area contributed by atoms with Gasteiger partial charge in [0.2, 0.25) is 11.9 Å². The number of aliphatic hydroxyl groups is 1. The predicted octanol–water partition coefficient (Wildman–Crippen LogP) is 0.557. The molecule has 2 heterocycles. The smallest absolute Gasteiger partial charge is 0.234 e. The molecule has 2 aromatic rings. The third kappa shape index (κ3) is 2.00. The number of para-hydroxylation sites is 1. The van der Waals surface area contributed by atoms with Crippen LogP contribution in [0.2, 0.25) is 0 Å². The Labute approximate surface area is 109 Å². The molecule has 1 saturated heterocycles. The molecule has 1 aliphatic heterocycles. The first kappa shape index (κ1) is 11.9. The number of rotatable bonds is 2. The number of aliphatic hydroxyl groups excluding tert-OH is 1. The van der Waals surface area contributed by atoms with Gasteiger partial charge in [0, 0.05) is 30.9 Å². The Morgan fingerprint density at radius 2 is 2.16 bits per heavy atom. The number of fused-ring (bicyclic) bond motifs is 1. The molecule has 3 rings (SSSR count). The monoisotopic (exact) mass is 258 g/mol. The molecule has 1 atom stereocenters. The standard InChI is InChI=1S/C13H14N4O2/c14-12-9-3-1-2-4-10(9)15-13(16-12)17-6-8(7-18)5-11(17)19/h1-4,8,18H,5-7H2,(H2,14,15,16). The van der Waals surface area contributed by atoms with Gasteiger partial charge in [-0.05, 0) is 12.1 Å². The van der Waals surface area contributed by atoms with E-state index in [4.69, 9.17) is 10.8 Å². The van der Waals surface area contributed by atoms with Gasteiger partial charge in [-0.25, -0.2) is 4.98 Å². The number of nitrogens with two attached hydrogens (primary N) is 1. The molecule has 6 heteroatoms. The lowest BCUT2D eigenvalue weighted by Gasteiger charge is -2.15. The van der Waals surface area contributed by atoms with E-state index < -0.39 is 0 Å². The molecule has 98 valence electrons. The molecular weight excluding hydrogens is 244 g/mol. The highest BCUT2D eigenvalue weighted by atomic mass is 16.3. The van der Waals surface area contributed by atoms with Gasteiger partial charge in [0.05, 0.1) is 5.52 Å². The van der Waals surface area contributed by atoms with Crippen molar-refractivity contribution >= 4 is 28.6 Å². The number of benzene rings is 1. The van der Waals surface area contributed by atoms with E-state index in [0.29, 0.717) is 30.2 Å². The first-order chi connectivity index (χ1) is 9.19. The summed E-state index contributed by atoms with van der Waals surface area (Å²) in [6.45, 7) is 0.429. The van der Waals surface area contributed by atoms with Crippen LogP contribution in [0.3, 0.4) is 0 Å². The van der Waals surface area contributed by atoms with Crippen LogP contribution in [0.5, 0.6) is 0 Å². The minimum absolute atomic E-state index is 0.00863. The molecule has 1 fully saturated rings. The summed E-state index contributed by atoms with van der Waals surface area (Å²) in [4.78, 5) is 21.9. The van der Waals surface area contributed by atoms with E-state index in [1.165, 1.54) is 4.90 Å². The molecule has 0 saturated carbocycles. The zero-order valence-electron chi connectivity index (χ0n) is 10.3. The molecule has 3 N–H and O–H groups in total. The Hall–Kier alpha value is -2.21. The van der Waals surface area contributed by atoms with Crippen molar-refractivity contribution in [1.29, 1.82) is 0 Å². The van der Waals surface area contributed by atoms with E-state index in [0.717, 1.165) is 5.39 Å². The minimum atomic E-state index is -0.0752. The molecule has 0 bridgehead atoms. The first-order valence-corrected chi connectivity index (χ1v) is 6.12. The molecule has 0 spiro atoms. The summed E-state index contributed by atoms with van der Waals surface area (Å²) in [6, 6.07) is 7.41. The highest BCUT2D eigenvalue weighted by Crippen LogP contribution is 2.25. The number of hydrogen-bond acceptors (Lipinski definition) is 5. The Morgan fingerprint density at radius 1 is 1.37 bits per heavy atom. The lowest BCUT2D eigenvalue weighted by molar-refractivity contribution is -0.117. The second-order valence-corrected chi connectivity index (χ2v) is 4.68. The van der Waals surface area contributed by atoms with Crippen molar-refractivity contribution in [1.82, 2.24) is 9.97 Å². The van der Waals surface area contributed by atoms with Crippen LogP contribution >= 0.6 is 0 Å². The highest BCUT2D eigenvalue weighted by molar-refractivity contribution is 5.96. The molecule has 1 aromatic heterocycles. The Kier molecular flexibility index (Phi) is 2.79. The molecule has 0 radical (unpaired) electrons. The minimum Gasteiger partial charge on any atom is -0.396 e. The van der Waals surface area contributed by atoms with Crippen LogP contribution in [-0.2, 0) is 4.79 Å². The summed E-state index contributed by atoms with van der Waals surface area (Å²) in [5.41, 5.74) is 6.61. The second kappa shape index (κ2) is 4.47. The summed E-state index contributed by atoms with van der Waals surface area (Å²) in [6.07, 6.45) is 0.326. The van der Waals surface area contributed by atoms with Gasteiger partial charge in [0.1, 0.15) is 5.82 Å². The Balaban J connectivity index is 2.04. The topological polar surface area (TPSA) is 92.3 Å². The predicted molar refractivity (Wildman–Crippen MR) is 71.5 cm³/mol. The number of carbonyl (C=O) groups excluding carboxylic acids is 1. The third-order valence-corrected chi connectivity index (χ3v) is 3.33. The third-order valence-electron chi connectivity index (χ3n) is 3.33. The van der Waals surface area contributed by atoms with Gasteiger partial charge in [0.15, 0.2) is 0 Å². The number of hydrogen-bond donors (Lipinski definition) is 2. The van der Waals surface area contributed by atoms with Crippen molar-refractivity contribution in [2.75, 3.05) is 23.8 Å². The van der Waals surface area contributed by atoms with Crippen LogP contribution in [-0.4, -0.2) is 34.1 Å². The summed E-state index contributed by atoms with van der Waals surface area (Å²) in [5.74, 6) is 0.551. The van der Waals surface area contributed by atoms with E-state index in [1.54, 1.807) is 0 Å². The SMILES string of the molecule is Nc1nc(N2CC(CO)CC2=O)nc2ccccc12. The average Bonchev–Trinajstić information content (AvgIpc) is 2.80. The van der Waals surface area contributed by atoms with Crippen molar-refractivity contribution in [3.05, 3.63) is 24.3 Å². The zero-order chi connectivity index (χ0) is 13.4. The number of amides is 1. The maximum absolute atomic E-state index is 11.9. The fraction of sp³-hybridized carbons (Fsp3) is 0.308. The van der Waals surface area contributed by atoms with Crippen molar-refractivity contribution in [2.24, 2.45) is 5.92 Å². The van der Waals surface area contributed by atoms with E-state index in [-0.39, 0.29) is 18.4 Å². The summed E-state index contributed by atoms with van der Waals surface area (Å²) >= 11 is 0. The lowest BCUT2D eigenvalue weighted by Crippen LogP contribution is -2.27. The fourth-order valence-corrected chi connectivity index (χ4v) is 2.31. The largest absolute Gasteiger partial charge is 0.396 e. The Bertz CT molecular complexity index is 644. The van der Waals surface area contributed by atoms with Gasteiger partial charge < -0.3 is 10.8 Å². The highest BCUT2D eigenvalue weighted by Gasteiger charge is 2.32. The second-order valence-electron chi connectivity index (χ2n) is 4.68. The van der Waals surface area contributed by atoms with Gasteiger partial charge >= 0.3 is 0 Å². The fourth-order valence-electron chi connectivity index (χ4n) is 2.31. The quantitative estimate of drug-likeness (QED) is 0.821. The van der Waals surface area contributed by atoms with Crippen LogP contribution in [0.15, 0.2) is 24.3 Å². The molecule has 6 nitrogen and oxygen atoms in total. The number of nitrogen functional groups attached to an aromatic ring is 1. The van der Waals surface area contributed by atoms with Gasteiger partial charge in [-0.3, -0.25) is 9.69 Å². The van der Waals surface area contributed by atoms with E-state index in [2.05, 4.69) is 9.97 Å². The zero-order valence-corrected chi connectivity index (χ0v) is 10.3. The lowest BCUT2D eigenvalue weighted by atomic mass is 10.1. The van der Waals surface area contributed by atoms with Crippen LogP contribution in [0.25, 0.3) is 10.9 Å². The average molecular weight is 258 g/mol. The van der Waals surface area contributed by atoms with Crippen molar-refractivity contribution in [3.8, 4) is 0 Å². The number of anilines is 2. The van der Waals surface area contributed by atoms with Crippen molar-refractivity contribution < 1.29 is 9.90 Å². The maximum atomic E-state index is 11.9. The molecule has 1 unspecified atom stereocenters. The van der Waals surface area contributed by atoms with E-state index >= 15 is 0 Å². The molecular formula is C13H14N4O2. The van der Waals surface area contributed by atoms with E-state index in [9.17, 15) is 4.79 Å². The summed E-state index contributed by atoms with van der Waals surface area (Å²) < 4.78 is 0. The van der Waals surface area contributed by atoms with Crippen LogP contribution in [0.4, 0.5) is 11.8 Å². The van der Waals surface area contributed by atoms with Crippen molar-refractivity contribution in [2.45, 2.75) is 6.42 Å². The Morgan fingerprint density at radius 3 is 2.89 bits per heavy atom. The number of carbonyl (C=O) groups is 1. The molecule has 1 amide bonds. The number of nitrogens with zero attached hydrogens (tertiary/aromatic N) is 3. The van der Waals surface area contributed by atoms with Crippen LogP contribution < -0.4 is 10.6 Å². The van der Waals surface area contributed by atoms with E-state index in [1.807, 2.05) is 24.3 Å². The van der Waals surface area contributed by atoms with Gasteiger partial charge in [0.25, 0.3) is 0 Å².